The molecule has 0 fully saturated rings. The third-order valence-corrected chi connectivity index (χ3v) is 5.88. The van der Waals surface area contributed by atoms with Gasteiger partial charge in [-0.15, -0.1) is 0 Å². The molecular formula is C37H23N3O. The van der Waals surface area contributed by atoms with Crippen molar-refractivity contribution in [1.82, 2.24) is 15.0 Å². The van der Waals surface area contributed by atoms with Crippen molar-refractivity contribution in [3.63, 3.8) is 0 Å². The molecule has 0 radical (unpaired) electrons. The molecule has 6 aromatic carbocycles. The van der Waals surface area contributed by atoms with Crippen molar-refractivity contribution in [2.24, 2.45) is 0 Å². The first-order valence-electron chi connectivity index (χ1n) is 23.2. The Morgan fingerprint density at radius 2 is 0.951 bits per heavy atom. The SMILES string of the molecule is [2H]c1c([2H])c([2H])c(-c2nc(-c3c([2H])c([2H])c([2H])c([2H])c3[2H])nc(-c3c([2H])c([2H])c(-c4c([2H])c([2H])c5c(c4[2H])-c4c([2H])c([2H])c([2H])c6c([2H])c([2H])c([2H])c(c46)O5)c([2H])c3[2H])n2)c([2H])c1[2H]. The molecule has 192 valence electrons. The van der Waals surface area contributed by atoms with Gasteiger partial charge in [-0.05, 0) is 40.2 Å². The van der Waals surface area contributed by atoms with Crippen molar-refractivity contribution in [2.45, 2.75) is 0 Å². The number of ether oxygens (including phenoxy) is 1. The summed E-state index contributed by atoms with van der Waals surface area (Å²) in [7, 11) is 0. The highest BCUT2D eigenvalue weighted by Gasteiger charge is 2.20. The van der Waals surface area contributed by atoms with Gasteiger partial charge in [-0.1, -0.05) is 121 Å². The second-order valence-electron chi connectivity index (χ2n) is 8.32. The molecule has 1 aromatic heterocycles. The van der Waals surface area contributed by atoms with E-state index in [1.165, 1.54) is 0 Å². The molecule has 8 rings (SSSR count). The number of fused-ring (bicyclic) bond motifs is 2. The van der Waals surface area contributed by atoms with Gasteiger partial charge in [0.2, 0.25) is 0 Å². The van der Waals surface area contributed by atoms with Gasteiger partial charge in [0.1, 0.15) is 11.5 Å². The highest BCUT2D eigenvalue weighted by molar-refractivity contribution is 6.04. The Labute approximate surface area is 269 Å². The molecule has 7 aromatic rings. The van der Waals surface area contributed by atoms with Crippen LogP contribution >= 0.6 is 0 Å². The molecule has 0 saturated carbocycles. The molecule has 0 spiro atoms. The Balaban J connectivity index is 1.45. The van der Waals surface area contributed by atoms with Crippen LogP contribution in [0.15, 0.2) is 139 Å². The van der Waals surface area contributed by atoms with Crippen LogP contribution < -0.4 is 4.74 Å². The quantitative estimate of drug-likeness (QED) is 0.220. The predicted octanol–water partition coefficient (Wildman–Crippen LogP) is 9.47. The van der Waals surface area contributed by atoms with Gasteiger partial charge in [0.25, 0.3) is 0 Å². The van der Waals surface area contributed by atoms with Gasteiger partial charge in [-0.2, -0.15) is 0 Å². The van der Waals surface area contributed by atoms with E-state index >= 15 is 0 Å². The van der Waals surface area contributed by atoms with E-state index in [9.17, 15) is 1.37 Å². The fraction of sp³-hybridized carbons (Fsp3) is 0. The van der Waals surface area contributed by atoms with Gasteiger partial charge in [0.05, 0.1) is 31.5 Å². The predicted molar refractivity (Wildman–Crippen MR) is 165 cm³/mol. The average Bonchev–Trinajstić information content (AvgIpc) is 3.26. The molecule has 41 heavy (non-hydrogen) atoms. The third-order valence-electron chi connectivity index (χ3n) is 5.88. The van der Waals surface area contributed by atoms with Gasteiger partial charge in [-0.3, -0.25) is 0 Å². The second kappa shape index (κ2) is 9.54. The van der Waals surface area contributed by atoms with E-state index in [-0.39, 0.29) is 16.3 Å². The molecule has 1 aliphatic heterocycles. The first-order valence-corrected chi connectivity index (χ1v) is 11.7. The largest absolute Gasteiger partial charge is 0.456 e. The minimum Gasteiger partial charge on any atom is -0.456 e. The van der Waals surface area contributed by atoms with Crippen LogP contribution in [0.4, 0.5) is 0 Å². The first-order chi connectivity index (χ1) is 29.9. The van der Waals surface area contributed by atoms with Crippen LogP contribution in [0.3, 0.4) is 0 Å². The molecule has 0 atom stereocenters. The fourth-order valence-corrected chi connectivity index (χ4v) is 4.06. The lowest BCUT2D eigenvalue weighted by Gasteiger charge is -2.22. The molecule has 0 unspecified atom stereocenters. The highest BCUT2D eigenvalue weighted by atomic mass is 16.5. The zero-order chi connectivity index (χ0) is 47.2. The molecule has 2 heterocycles. The zero-order valence-electron chi connectivity index (χ0n) is 43.2. The van der Waals surface area contributed by atoms with Crippen LogP contribution in [-0.4, -0.2) is 15.0 Å². The monoisotopic (exact) mass is 548 g/mol. The minimum absolute atomic E-state index is 0.282. The summed E-state index contributed by atoms with van der Waals surface area (Å²) in [5.74, 6) is -3.38. The molecular weight excluding hydrogens is 502 g/mol. The van der Waals surface area contributed by atoms with Gasteiger partial charge in [0, 0.05) is 27.6 Å². The molecule has 0 saturated heterocycles. The van der Waals surface area contributed by atoms with Gasteiger partial charge in [0.15, 0.2) is 17.5 Å². The van der Waals surface area contributed by atoms with Crippen molar-refractivity contribution in [3.05, 3.63) is 139 Å². The number of benzene rings is 6. The first kappa shape index (κ1) is 9.79. The van der Waals surface area contributed by atoms with Crippen LogP contribution in [0.1, 0.15) is 31.5 Å². The van der Waals surface area contributed by atoms with Crippen LogP contribution in [0.25, 0.3) is 67.2 Å². The normalized spacial score (nSPS) is 19.5. The van der Waals surface area contributed by atoms with Gasteiger partial charge in [-0.25, -0.2) is 15.0 Å². The fourth-order valence-electron chi connectivity index (χ4n) is 4.06. The maximum Gasteiger partial charge on any atom is 0.164 e. The molecule has 1 aliphatic rings. The summed E-state index contributed by atoms with van der Waals surface area (Å²) in [5, 5.41) is -0.660. The van der Waals surface area contributed by atoms with Crippen molar-refractivity contribution in [1.29, 1.82) is 0 Å². The lowest BCUT2D eigenvalue weighted by Crippen LogP contribution is -2.00. The maximum absolute atomic E-state index is 9.37. The summed E-state index contributed by atoms with van der Waals surface area (Å²) < 4.78 is 204. The second-order valence-corrected chi connectivity index (χ2v) is 8.32. The molecule has 4 nitrogen and oxygen atoms in total. The Hall–Kier alpha value is -5.61. The van der Waals surface area contributed by atoms with E-state index in [2.05, 4.69) is 15.0 Å². The Morgan fingerprint density at radius 1 is 0.415 bits per heavy atom. The standard InChI is InChI=1S/C37H23N3O/c1-3-9-26(10-4-1)35-38-36(27-11-5-2-6-12-27)40-37(39-35)28-19-17-24(18-20-28)29-21-22-32-31(23-29)30-15-7-13-25-14-8-16-33(41-32)34(25)30/h1-23H/i1D,2D,3D,4D,5D,6D,7D,8D,9D,10D,11D,12D,13D,14D,15D,16D,17D,18D,19D,20D,21D,22D,23D. The number of hydrogen-bond acceptors (Lipinski definition) is 4. The van der Waals surface area contributed by atoms with E-state index < -0.39 is 201 Å². The van der Waals surface area contributed by atoms with Crippen LogP contribution in [-0.2, 0) is 0 Å². The van der Waals surface area contributed by atoms with Crippen LogP contribution in [0.5, 0.6) is 11.5 Å². The van der Waals surface area contributed by atoms with E-state index in [0.29, 0.717) is 0 Å². The molecule has 4 heteroatoms. The zero-order valence-corrected chi connectivity index (χ0v) is 20.2. The van der Waals surface area contributed by atoms with E-state index in [1.807, 2.05) is 0 Å². The summed E-state index contributed by atoms with van der Waals surface area (Å²) in [4.78, 5) is 12.5. The number of rotatable bonds is 4. The summed E-state index contributed by atoms with van der Waals surface area (Å²) in [6.45, 7) is 0. The summed E-state index contributed by atoms with van der Waals surface area (Å²) in [5.41, 5.74) is -4.42. The highest BCUT2D eigenvalue weighted by Crippen LogP contribution is 2.47. The summed E-state index contributed by atoms with van der Waals surface area (Å²) >= 11 is 0. The van der Waals surface area contributed by atoms with E-state index in [1.54, 1.807) is 0 Å². The maximum atomic E-state index is 9.37. The van der Waals surface area contributed by atoms with Crippen molar-refractivity contribution in [2.75, 3.05) is 0 Å². The average molecular weight is 549 g/mol. The molecule has 0 amide bonds. The number of hydrogen-bond donors (Lipinski definition) is 0. The lowest BCUT2D eigenvalue weighted by atomic mass is 9.92. The number of nitrogens with zero attached hydrogens (tertiary/aromatic N) is 3. The van der Waals surface area contributed by atoms with E-state index in [4.69, 9.17) is 34.9 Å². The Morgan fingerprint density at radius 3 is 1.59 bits per heavy atom. The van der Waals surface area contributed by atoms with Crippen LogP contribution in [0, 0.1) is 0 Å². The smallest absolute Gasteiger partial charge is 0.164 e. The number of aromatic nitrogens is 3. The topological polar surface area (TPSA) is 47.9 Å². The minimum atomic E-state index is -0.984. The van der Waals surface area contributed by atoms with Gasteiger partial charge < -0.3 is 4.74 Å². The molecule has 0 bridgehead atoms. The Kier molecular flexibility index (Phi) is 2.28. The molecule has 0 aliphatic carbocycles. The van der Waals surface area contributed by atoms with Crippen molar-refractivity contribution in [3.8, 4) is 67.9 Å². The van der Waals surface area contributed by atoms with Crippen molar-refractivity contribution < 1.29 is 36.3 Å². The Bertz CT molecular complexity index is 3170. The summed E-state index contributed by atoms with van der Waals surface area (Å²) in [6.07, 6.45) is 0. The van der Waals surface area contributed by atoms with E-state index in [0.717, 1.165) is 0 Å². The molecule has 0 N–H and O–H groups in total. The van der Waals surface area contributed by atoms with Crippen LogP contribution in [0.2, 0.25) is 0 Å². The third kappa shape index (κ3) is 4.14. The summed E-state index contributed by atoms with van der Waals surface area (Å²) in [6, 6.07) is -19.0. The van der Waals surface area contributed by atoms with Gasteiger partial charge >= 0.3 is 0 Å². The lowest BCUT2D eigenvalue weighted by molar-refractivity contribution is 0.487. The van der Waals surface area contributed by atoms with Crippen molar-refractivity contribution >= 4 is 10.8 Å².